The van der Waals surface area contributed by atoms with E-state index >= 15 is 0 Å². The summed E-state index contributed by atoms with van der Waals surface area (Å²) in [4.78, 5) is 11.8. The summed E-state index contributed by atoms with van der Waals surface area (Å²) in [5, 5.41) is 3.28. The highest BCUT2D eigenvalue weighted by molar-refractivity contribution is 6.32. The number of hydrogen-bond donors (Lipinski definition) is 1. The summed E-state index contributed by atoms with van der Waals surface area (Å²) in [6, 6.07) is 5.19. The molecule has 1 atom stereocenters. The first-order valence-corrected chi connectivity index (χ1v) is 6.43. The molecule has 1 amide bonds. The number of amides is 1. The molecule has 98 valence electrons. The van der Waals surface area contributed by atoms with Crippen LogP contribution in [0.5, 0.6) is 5.75 Å². The number of carbonyl (C=O) groups is 1. The maximum Gasteiger partial charge on any atom is 0.253 e. The molecule has 1 aliphatic rings. The zero-order valence-electron chi connectivity index (χ0n) is 10.2. The topological polar surface area (TPSA) is 47.6 Å². The summed E-state index contributed by atoms with van der Waals surface area (Å²) in [7, 11) is 0. The van der Waals surface area contributed by atoms with Gasteiger partial charge in [0.25, 0.3) is 5.91 Å². The quantitative estimate of drug-likeness (QED) is 0.914. The third-order valence-corrected chi connectivity index (χ3v) is 3.02. The van der Waals surface area contributed by atoms with Crippen molar-refractivity contribution in [2.24, 2.45) is 0 Å². The van der Waals surface area contributed by atoms with Gasteiger partial charge in [-0.1, -0.05) is 11.6 Å². The molecule has 1 heterocycles. The highest BCUT2D eigenvalue weighted by Gasteiger charge is 2.23. The van der Waals surface area contributed by atoms with Crippen molar-refractivity contribution >= 4 is 23.2 Å². The van der Waals surface area contributed by atoms with E-state index in [1.54, 1.807) is 18.2 Å². The van der Waals surface area contributed by atoms with Gasteiger partial charge in [0.2, 0.25) is 0 Å². The minimum Gasteiger partial charge on any atom is -0.492 e. The molecule has 0 radical (unpaired) electrons. The van der Waals surface area contributed by atoms with Gasteiger partial charge in [0.1, 0.15) is 11.9 Å². The van der Waals surface area contributed by atoms with Crippen LogP contribution in [0.1, 0.15) is 19.8 Å². The number of benzene rings is 1. The molecule has 0 bridgehead atoms. The van der Waals surface area contributed by atoms with Gasteiger partial charge in [-0.3, -0.25) is 4.79 Å². The lowest BCUT2D eigenvalue weighted by Crippen LogP contribution is -2.26. The molecule has 1 unspecified atom stereocenters. The lowest BCUT2D eigenvalue weighted by molar-refractivity contribution is -0.124. The maximum atomic E-state index is 11.8. The van der Waals surface area contributed by atoms with Crippen molar-refractivity contribution in [1.29, 1.82) is 0 Å². The number of ether oxygens (including phenoxy) is 2. The predicted molar refractivity (Wildman–Crippen MR) is 70.2 cm³/mol. The van der Waals surface area contributed by atoms with Crippen molar-refractivity contribution in [1.82, 2.24) is 0 Å². The van der Waals surface area contributed by atoms with Crippen LogP contribution in [0.4, 0.5) is 5.69 Å². The lowest BCUT2D eigenvalue weighted by Gasteiger charge is -2.12. The van der Waals surface area contributed by atoms with Gasteiger partial charge in [0.15, 0.2) is 0 Å². The third kappa shape index (κ3) is 3.15. The molecule has 4 nitrogen and oxygen atoms in total. The minimum atomic E-state index is -0.338. The molecule has 1 N–H and O–H groups in total. The zero-order valence-corrected chi connectivity index (χ0v) is 11.0. The smallest absolute Gasteiger partial charge is 0.253 e. The normalized spacial score (nSPS) is 18.7. The molecule has 1 aliphatic heterocycles. The van der Waals surface area contributed by atoms with Crippen LogP contribution in [-0.4, -0.2) is 25.2 Å². The Morgan fingerprint density at radius 3 is 3.06 bits per heavy atom. The van der Waals surface area contributed by atoms with Gasteiger partial charge in [-0.25, -0.2) is 0 Å². The number of carbonyl (C=O) groups excluding carboxylic acids is 1. The van der Waals surface area contributed by atoms with E-state index in [-0.39, 0.29) is 12.0 Å². The Kier molecular flexibility index (Phi) is 4.44. The van der Waals surface area contributed by atoms with Gasteiger partial charge < -0.3 is 14.8 Å². The average Bonchev–Trinajstić information content (AvgIpc) is 2.86. The molecule has 0 spiro atoms. The SMILES string of the molecule is CCOc1ccc(NC(=O)C2CCCO2)cc1Cl. The summed E-state index contributed by atoms with van der Waals surface area (Å²) in [5.74, 6) is 0.502. The van der Waals surface area contributed by atoms with Crippen molar-refractivity contribution < 1.29 is 14.3 Å². The monoisotopic (exact) mass is 269 g/mol. The molecular weight excluding hydrogens is 254 g/mol. The van der Waals surface area contributed by atoms with E-state index in [0.717, 1.165) is 12.8 Å². The van der Waals surface area contributed by atoms with Gasteiger partial charge in [-0.2, -0.15) is 0 Å². The average molecular weight is 270 g/mol. The van der Waals surface area contributed by atoms with Gasteiger partial charge in [-0.05, 0) is 38.0 Å². The first kappa shape index (κ1) is 13.2. The molecule has 1 aromatic rings. The predicted octanol–water partition coefficient (Wildman–Crippen LogP) is 2.86. The van der Waals surface area contributed by atoms with Gasteiger partial charge in [-0.15, -0.1) is 0 Å². The van der Waals surface area contributed by atoms with Gasteiger partial charge in [0, 0.05) is 12.3 Å². The molecule has 1 fully saturated rings. The number of nitrogens with one attached hydrogen (secondary N) is 1. The fraction of sp³-hybridized carbons (Fsp3) is 0.462. The maximum absolute atomic E-state index is 11.8. The Morgan fingerprint density at radius 2 is 2.44 bits per heavy atom. The number of halogens is 1. The summed E-state index contributed by atoms with van der Waals surface area (Å²) >= 11 is 6.04. The first-order valence-electron chi connectivity index (χ1n) is 6.05. The zero-order chi connectivity index (χ0) is 13.0. The van der Waals surface area contributed by atoms with Crippen LogP contribution in [0.2, 0.25) is 5.02 Å². The molecule has 0 saturated carbocycles. The second kappa shape index (κ2) is 6.07. The van der Waals surface area contributed by atoms with Crippen LogP contribution < -0.4 is 10.1 Å². The Labute approximate surface area is 111 Å². The number of rotatable bonds is 4. The number of anilines is 1. The highest BCUT2D eigenvalue weighted by atomic mass is 35.5. The van der Waals surface area contributed by atoms with Crippen LogP contribution in [0, 0.1) is 0 Å². The Hall–Kier alpha value is -1.26. The Morgan fingerprint density at radius 1 is 1.61 bits per heavy atom. The van der Waals surface area contributed by atoms with Crippen molar-refractivity contribution in [2.75, 3.05) is 18.5 Å². The van der Waals surface area contributed by atoms with Gasteiger partial charge >= 0.3 is 0 Å². The van der Waals surface area contributed by atoms with Crippen molar-refractivity contribution in [3.05, 3.63) is 23.2 Å². The molecule has 1 saturated heterocycles. The van der Waals surface area contributed by atoms with E-state index in [0.29, 0.717) is 29.7 Å². The van der Waals surface area contributed by atoms with Crippen LogP contribution in [0.3, 0.4) is 0 Å². The van der Waals surface area contributed by atoms with Crippen LogP contribution in [0.25, 0.3) is 0 Å². The molecule has 5 heteroatoms. The molecular formula is C13H16ClNO3. The number of hydrogen-bond acceptors (Lipinski definition) is 3. The van der Waals surface area contributed by atoms with Crippen LogP contribution in [-0.2, 0) is 9.53 Å². The fourth-order valence-electron chi connectivity index (χ4n) is 1.86. The second-order valence-electron chi connectivity index (χ2n) is 4.07. The van der Waals surface area contributed by atoms with Crippen LogP contribution in [0.15, 0.2) is 18.2 Å². The lowest BCUT2D eigenvalue weighted by atomic mass is 10.2. The van der Waals surface area contributed by atoms with Crippen molar-refractivity contribution in [3.63, 3.8) is 0 Å². The highest BCUT2D eigenvalue weighted by Crippen LogP contribution is 2.28. The van der Waals surface area contributed by atoms with E-state index in [2.05, 4.69) is 5.32 Å². The van der Waals surface area contributed by atoms with Crippen LogP contribution >= 0.6 is 11.6 Å². The van der Waals surface area contributed by atoms with E-state index in [4.69, 9.17) is 21.1 Å². The largest absolute Gasteiger partial charge is 0.492 e. The molecule has 0 aromatic heterocycles. The van der Waals surface area contributed by atoms with E-state index in [1.807, 2.05) is 6.92 Å². The van der Waals surface area contributed by atoms with E-state index in [9.17, 15) is 4.79 Å². The third-order valence-electron chi connectivity index (χ3n) is 2.72. The molecule has 0 aliphatic carbocycles. The Balaban J connectivity index is 2.00. The summed E-state index contributed by atoms with van der Waals surface area (Å²) in [6.07, 6.45) is 1.37. The van der Waals surface area contributed by atoms with Gasteiger partial charge in [0.05, 0.1) is 11.6 Å². The van der Waals surface area contributed by atoms with Crippen molar-refractivity contribution in [2.45, 2.75) is 25.9 Å². The fourth-order valence-corrected chi connectivity index (χ4v) is 2.09. The summed E-state index contributed by atoms with van der Waals surface area (Å²) < 4.78 is 10.6. The Bertz CT molecular complexity index is 430. The van der Waals surface area contributed by atoms with Crippen molar-refractivity contribution in [3.8, 4) is 5.75 Å². The summed E-state index contributed by atoms with van der Waals surface area (Å²) in [6.45, 7) is 3.10. The molecule has 18 heavy (non-hydrogen) atoms. The first-order chi connectivity index (χ1) is 8.70. The molecule has 1 aromatic carbocycles. The molecule has 2 rings (SSSR count). The van der Waals surface area contributed by atoms with E-state index < -0.39 is 0 Å². The standard InChI is InChI=1S/C13H16ClNO3/c1-2-17-11-6-5-9(8-10(11)14)15-13(16)12-4-3-7-18-12/h5-6,8,12H,2-4,7H2,1H3,(H,15,16). The van der Waals surface area contributed by atoms with E-state index in [1.165, 1.54) is 0 Å². The minimum absolute atomic E-state index is 0.118. The second-order valence-corrected chi connectivity index (χ2v) is 4.48. The summed E-state index contributed by atoms with van der Waals surface area (Å²) in [5.41, 5.74) is 0.656.